The number of para-hydroxylation sites is 1. The largest absolute Gasteiger partial charge is 0.496 e. The van der Waals surface area contributed by atoms with Crippen LogP contribution in [-0.4, -0.2) is 23.2 Å². The molecule has 1 heterocycles. The van der Waals surface area contributed by atoms with E-state index in [0.29, 0.717) is 17.1 Å². The maximum Gasteiger partial charge on any atom is 0.331 e. The van der Waals surface area contributed by atoms with Gasteiger partial charge in [-0.05, 0) is 30.7 Å². The molecule has 3 aromatic rings. The van der Waals surface area contributed by atoms with E-state index in [4.69, 9.17) is 14.0 Å². The Morgan fingerprint density at radius 1 is 1.15 bits per heavy atom. The number of methoxy groups -OCH3 is 1. The second kappa shape index (κ2) is 8.11. The van der Waals surface area contributed by atoms with Gasteiger partial charge in [0.15, 0.2) is 6.61 Å². The Balaban J connectivity index is 1.59. The number of nitrogens with zero attached hydrogens (tertiary/aromatic N) is 2. The van der Waals surface area contributed by atoms with Crippen LogP contribution in [0.15, 0.2) is 59.1 Å². The van der Waals surface area contributed by atoms with Crippen molar-refractivity contribution in [1.29, 1.82) is 0 Å². The van der Waals surface area contributed by atoms with Gasteiger partial charge in [0.1, 0.15) is 5.75 Å². The zero-order chi connectivity index (χ0) is 18.4. The number of aromatic nitrogens is 2. The summed E-state index contributed by atoms with van der Waals surface area (Å²) in [4.78, 5) is 16.0. The Hall–Kier alpha value is -3.41. The van der Waals surface area contributed by atoms with Crippen LogP contribution in [0.5, 0.6) is 5.75 Å². The van der Waals surface area contributed by atoms with Gasteiger partial charge >= 0.3 is 5.97 Å². The van der Waals surface area contributed by atoms with Crippen molar-refractivity contribution in [3.8, 4) is 17.1 Å². The fraction of sp³-hybridized carbons (Fsp3) is 0.150. The van der Waals surface area contributed by atoms with Crippen molar-refractivity contribution in [2.75, 3.05) is 7.11 Å². The summed E-state index contributed by atoms with van der Waals surface area (Å²) in [5.74, 6) is 0.743. The van der Waals surface area contributed by atoms with Gasteiger partial charge in [0.2, 0.25) is 5.82 Å². The summed E-state index contributed by atoms with van der Waals surface area (Å²) >= 11 is 0. The normalized spacial score (nSPS) is 10.8. The van der Waals surface area contributed by atoms with E-state index < -0.39 is 5.97 Å². The molecule has 0 amide bonds. The van der Waals surface area contributed by atoms with Gasteiger partial charge in [0, 0.05) is 6.08 Å². The van der Waals surface area contributed by atoms with E-state index in [9.17, 15) is 4.79 Å². The molecule has 132 valence electrons. The summed E-state index contributed by atoms with van der Waals surface area (Å²) in [7, 11) is 1.57. The highest BCUT2D eigenvalue weighted by atomic mass is 16.6. The SMILES string of the molecule is COc1ccccc1-c1noc(COC(=O)/C=C/c2ccc(C)cc2)n1. The fourth-order valence-electron chi connectivity index (χ4n) is 2.28. The molecule has 1 aromatic heterocycles. The molecular formula is C20H18N2O4. The Bertz CT molecular complexity index is 914. The highest BCUT2D eigenvalue weighted by Gasteiger charge is 2.13. The average molecular weight is 350 g/mol. The summed E-state index contributed by atoms with van der Waals surface area (Å²) in [6.07, 6.45) is 3.05. The first-order valence-corrected chi connectivity index (χ1v) is 8.03. The predicted molar refractivity (Wildman–Crippen MR) is 96.3 cm³/mol. The van der Waals surface area contributed by atoms with Crippen LogP contribution in [0, 0.1) is 6.92 Å². The molecule has 0 spiro atoms. The number of aryl methyl sites for hydroxylation is 1. The van der Waals surface area contributed by atoms with Crippen LogP contribution in [-0.2, 0) is 16.1 Å². The second-order valence-corrected chi connectivity index (χ2v) is 5.56. The summed E-state index contributed by atoms with van der Waals surface area (Å²) < 4.78 is 15.5. The molecule has 0 aliphatic rings. The van der Waals surface area contributed by atoms with Gasteiger partial charge in [-0.15, -0.1) is 0 Å². The molecule has 6 heteroatoms. The van der Waals surface area contributed by atoms with Crippen LogP contribution in [0.4, 0.5) is 0 Å². The van der Waals surface area contributed by atoms with Crippen molar-refractivity contribution in [1.82, 2.24) is 10.1 Å². The van der Waals surface area contributed by atoms with Crippen LogP contribution < -0.4 is 4.74 Å². The third-order valence-electron chi connectivity index (χ3n) is 3.64. The Morgan fingerprint density at radius 2 is 1.92 bits per heavy atom. The van der Waals surface area contributed by atoms with Gasteiger partial charge in [-0.3, -0.25) is 0 Å². The van der Waals surface area contributed by atoms with Gasteiger partial charge in [-0.2, -0.15) is 4.98 Å². The maximum atomic E-state index is 11.8. The summed E-state index contributed by atoms with van der Waals surface area (Å²) in [5.41, 5.74) is 2.78. The van der Waals surface area contributed by atoms with Crippen molar-refractivity contribution < 1.29 is 18.8 Å². The molecular weight excluding hydrogens is 332 g/mol. The molecule has 6 nitrogen and oxygen atoms in total. The van der Waals surface area contributed by atoms with Gasteiger partial charge < -0.3 is 14.0 Å². The van der Waals surface area contributed by atoms with E-state index in [0.717, 1.165) is 11.1 Å². The van der Waals surface area contributed by atoms with Gasteiger partial charge in [0.25, 0.3) is 5.89 Å². The Morgan fingerprint density at radius 3 is 2.69 bits per heavy atom. The number of carbonyl (C=O) groups is 1. The van der Waals surface area contributed by atoms with Gasteiger partial charge in [0.05, 0.1) is 12.7 Å². The average Bonchev–Trinajstić information content (AvgIpc) is 3.14. The number of hydrogen-bond donors (Lipinski definition) is 0. The minimum absolute atomic E-state index is 0.0980. The van der Waals surface area contributed by atoms with E-state index in [1.807, 2.05) is 49.4 Å². The lowest BCUT2D eigenvalue weighted by Crippen LogP contribution is -2.01. The van der Waals surface area contributed by atoms with E-state index >= 15 is 0 Å². The van der Waals surface area contributed by atoms with Crippen LogP contribution in [0.1, 0.15) is 17.0 Å². The lowest BCUT2D eigenvalue weighted by Gasteiger charge is -2.03. The van der Waals surface area contributed by atoms with E-state index in [-0.39, 0.29) is 12.5 Å². The predicted octanol–water partition coefficient (Wildman–Crippen LogP) is 3.81. The number of benzene rings is 2. The third-order valence-corrected chi connectivity index (χ3v) is 3.64. The molecule has 0 aliphatic carbocycles. The topological polar surface area (TPSA) is 74.5 Å². The summed E-state index contributed by atoms with van der Waals surface area (Å²) in [5, 5.41) is 3.90. The van der Waals surface area contributed by atoms with Gasteiger partial charge in [-0.25, -0.2) is 4.79 Å². The summed E-state index contributed by atoms with van der Waals surface area (Å²) in [6.45, 7) is 1.91. The molecule has 0 fully saturated rings. The second-order valence-electron chi connectivity index (χ2n) is 5.56. The maximum absolute atomic E-state index is 11.8. The van der Waals surface area contributed by atoms with Crippen molar-refractivity contribution >= 4 is 12.0 Å². The molecule has 26 heavy (non-hydrogen) atoms. The Kier molecular flexibility index (Phi) is 5.43. The zero-order valence-electron chi connectivity index (χ0n) is 14.5. The van der Waals surface area contributed by atoms with E-state index in [1.165, 1.54) is 6.08 Å². The first kappa shape index (κ1) is 17.4. The monoisotopic (exact) mass is 350 g/mol. The molecule has 0 N–H and O–H groups in total. The molecule has 0 saturated heterocycles. The minimum Gasteiger partial charge on any atom is -0.496 e. The van der Waals surface area contributed by atoms with Crippen LogP contribution in [0.2, 0.25) is 0 Å². The van der Waals surface area contributed by atoms with E-state index in [2.05, 4.69) is 10.1 Å². The van der Waals surface area contributed by atoms with Crippen LogP contribution in [0.3, 0.4) is 0 Å². The highest BCUT2D eigenvalue weighted by Crippen LogP contribution is 2.27. The molecule has 3 rings (SSSR count). The number of esters is 1. The first-order chi connectivity index (χ1) is 12.7. The molecule has 0 aliphatic heterocycles. The van der Waals surface area contributed by atoms with Crippen molar-refractivity contribution in [3.05, 3.63) is 71.6 Å². The zero-order valence-corrected chi connectivity index (χ0v) is 14.5. The van der Waals surface area contributed by atoms with Crippen molar-refractivity contribution in [3.63, 3.8) is 0 Å². The quantitative estimate of drug-likeness (QED) is 0.497. The van der Waals surface area contributed by atoms with Crippen molar-refractivity contribution in [2.24, 2.45) is 0 Å². The van der Waals surface area contributed by atoms with Crippen LogP contribution in [0.25, 0.3) is 17.5 Å². The van der Waals surface area contributed by atoms with Crippen molar-refractivity contribution in [2.45, 2.75) is 13.5 Å². The lowest BCUT2D eigenvalue weighted by molar-refractivity contribution is -0.139. The molecule has 0 radical (unpaired) electrons. The smallest absolute Gasteiger partial charge is 0.331 e. The summed E-state index contributed by atoms with van der Waals surface area (Å²) in [6, 6.07) is 15.1. The number of hydrogen-bond acceptors (Lipinski definition) is 6. The van der Waals surface area contributed by atoms with E-state index in [1.54, 1.807) is 19.3 Å². The number of rotatable bonds is 6. The molecule has 0 atom stereocenters. The Labute approximate surface area is 151 Å². The number of ether oxygens (including phenoxy) is 2. The van der Waals surface area contributed by atoms with Gasteiger partial charge in [-0.1, -0.05) is 47.1 Å². The third kappa shape index (κ3) is 4.36. The minimum atomic E-state index is -0.484. The highest BCUT2D eigenvalue weighted by molar-refractivity contribution is 5.87. The number of carbonyl (C=O) groups excluding carboxylic acids is 1. The van der Waals surface area contributed by atoms with Crippen LogP contribution >= 0.6 is 0 Å². The lowest BCUT2D eigenvalue weighted by atomic mass is 10.1. The molecule has 0 unspecified atom stereocenters. The standard InChI is InChI=1S/C20H18N2O4/c1-14-7-9-15(10-8-14)11-12-19(23)25-13-18-21-20(22-26-18)16-5-3-4-6-17(16)24-2/h3-12H,13H2,1-2H3/b12-11+. The molecule has 2 aromatic carbocycles. The molecule has 0 saturated carbocycles. The first-order valence-electron chi connectivity index (χ1n) is 8.03. The molecule has 0 bridgehead atoms. The fourth-order valence-corrected chi connectivity index (χ4v) is 2.28.